The summed E-state index contributed by atoms with van der Waals surface area (Å²) < 4.78 is 9.22. The molecule has 29 heavy (non-hydrogen) atoms. The minimum Gasteiger partial charge on any atom is -0.486 e. The van der Waals surface area contributed by atoms with Crippen LogP contribution in [0.4, 0.5) is 0 Å². The normalized spacial score (nSPS) is 11.4. The number of benzene rings is 2. The molecule has 5 aromatic rings. The van der Waals surface area contributed by atoms with Crippen LogP contribution in [-0.4, -0.2) is 29.4 Å². The third-order valence-corrected chi connectivity index (χ3v) is 5.12. The second kappa shape index (κ2) is 6.86. The molecule has 0 bridgehead atoms. The van der Waals surface area contributed by atoms with E-state index in [0.29, 0.717) is 22.2 Å². The maximum atomic E-state index is 5.90. The third kappa shape index (κ3) is 3.19. The molecule has 3 aromatic heterocycles. The third-order valence-electron chi connectivity index (χ3n) is 4.87. The Morgan fingerprint density at radius 3 is 2.62 bits per heavy atom. The van der Waals surface area contributed by atoms with E-state index in [1.54, 1.807) is 29.2 Å². The summed E-state index contributed by atoms with van der Waals surface area (Å²) >= 11 is 5.90. The van der Waals surface area contributed by atoms with Gasteiger partial charge in [-0.2, -0.15) is 5.10 Å². The standard InChI is InChI=1S/C21H17ClN6O/c1-13-3-6-16(9-14(13)2)28-20-18(10-24-28)21-25-19(26-27(21)12-23-20)11-29-17-7-4-15(22)5-8-17/h3-10,12H,11H2,1-2H3. The fourth-order valence-corrected chi connectivity index (χ4v) is 3.28. The maximum absolute atomic E-state index is 5.90. The van der Waals surface area contributed by atoms with Crippen molar-refractivity contribution in [1.82, 2.24) is 29.4 Å². The van der Waals surface area contributed by atoms with Crippen LogP contribution in [0, 0.1) is 13.8 Å². The number of hydrogen-bond acceptors (Lipinski definition) is 5. The summed E-state index contributed by atoms with van der Waals surface area (Å²) in [5.74, 6) is 1.27. The zero-order chi connectivity index (χ0) is 20.0. The van der Waals surface area contributed by atoms with Gasteiger partial charge in [0.2, 0.25) is 0 Å². The molecule has 8 heteroatoms. The number of rotatable bonds is 4. The molecule has 3 heterocycles. The number of aryl methyl sites for hydroxylation is 2. The summed E-state index contributed by atoms with van der Waals surface area (Å²) in [4.78, 5) is 9.16. The zero-order valence-corrected chi connectivity index (χ0v) is 16.6. The Kier molecular flexibility index (Phi) is 4.17. The lowest BCUT2D eigenvalue weighted by molar-refractivity contribution is 0.296. The molecule has 0 saturated heterocycles. The molecule has 0 N–H and O–H groups in total. The van der Waals surface area contributed by atoms with Gasteiger partial charge in [-0.05, 0) is 61.4 Å². The predicted octanol–water partition coefficient (Wildman–Crippen LogP) is 4.31. The van der Waals surface area contributed by atoms with E-state index in [4.69, 9.17) is 16.3 Å². The molecule has 7 nitrogen and oxygen atoms in total. The van der Waals surface area contributed by atoms with Crippen LogP contribution in [0.3, 0.4) is 0 Å². The van der Waals surface area contributed by atoms with Gasteiger partial charge in [0.25, 0.3) is 0 Å². The highest BCUT2D eigenvalue weighted by molar-refractivity contribution is 6.30. The smallest absolute Gasteiger partial charge is 0.189 e. The lowest BCUT2D eigenvalue weighted by Gasteiger charge is -2.06. The number of fused-ring (bicyclic) bond motifs is 3. The van der Waals surface area contributed by atoms with Crippen molar-refractivity contribution in [2.24, 2.45) is 0 Å². The van der Waals surface area contributed by atoms with Gasteiger partial charge >= 0.3 is 0 Å². The van der Waals surface area contributed by atoms with Crippen LogP contribution >= 0.6 is 11.6 Å². The van der Waals surface area contributed by atoms with Gasteiger partial charge < -0.3 is 4.74 Å². The first-order valence-electron chi connectivity index (χ1n) is 9.12. The minimum absolute atomic E-state index is 0.246. The second-order valence-electron chi connectivity index (χ2n) is 6.85. The van der Waals surface area contributed by atoms with E-state index in [9.17, 15) is 0 Å². The van der Waals surface area contributed by atoms with Crippen molar-refractivity contribution in [2.45, 2.75) is 20.5 Å². The van der Waals surface area contributed by atoms with E-state index in [0.717, 1.165) is 16.7 Å². The van der Waals surface area contributed by atoms with Crippen molar-refractivity contribution >= 4 is 28.3 Å². The number of aromatic nitrogens is 6. The van der Waals surface area contributed by atoms with E-state index in [2.05, 4.69) is 46.1 Å². The molecule has 0 aliphatic carbocycles. The van der Waals surface area contributed by atoms with E-state index in [1.165, 1.54) is 11.1 Å². The van der Waals surface area contributed by atoms with Gasteiger partial charge in [-0.15, -0.1) is 5.10 Å². The molecule has 0 saturated carbocycles. The van der Waals surface area contributed by atoms with Crippen LogP contribution < -0.4 is 4.74 Å². The highest BCUT2D eigenvalue weighted by atomic mass is 35.5. The van der Waals surface area contributed by atoms with Gasteiger partial charge in [0, 0.05) is 5.02 Å². The van der Waals surface area contributed by atoms with E-state index >= 15 is 0 Å². The van der Waals surface area contributed by atoms with Crippen LogP contribution in [0.2, 0.25) is 5.02 Å². The van der Waals surface area contributed by atoms with Crippen LogP contribution in [0.15, 0.2) is 55.0 Å². The van der Waals surface area contributed by atoms with Crippen molar-refractivity contribution in [3.8, 4) is 11.4 Å². The summed E-state index contributed by atoms with van der Waals surface area (Å²) in [5.41, 5.74) is 4.84. The predicted molar refractivity (Wildman–Crippen MR) is 111 cm³/mol. The highest BCUT2D eigenvalue weighted by Gasteiger charge is 2.14. The van der Waals surface area contributed by atoms with Gasteiger partial charge in [-0.1, -0.05) is 17.7 Å². The molecule has 0 fully saturated rings. The number of ether oxygens (including phenoxy) is 1. The Morgan fingerprint density at radius 2 is 1.83 bits per heavy atom. The molecule has 0 unspecified atom stereocenters. The average molecular weight is 405 g/mol. The Hall–Kier alpha value is -3.45. The van der Waals surface area contributed by atoms with Gasteiger partial charge in [-0.25, -0.2) is 19.2 Å². The molecular formula is C21H17ClN6O. The molecular weight excluding hydrogens is 388 g/mol. The molecule has 0 amide bonds. The fourth-order valence-electron chi connectivity index (χ4n) is 3.15. The first-order valence-corrected chi connectivity index (χ1v) is 9.50. The molecule has 2 aromatic carbocycles. The second-order valence-corrected chi connectivity index (χ2v) is 7.28. The van der Waals surface area contributed by atoms with Crippen LogP contribution in [0.1, 0.15) is 17.0 Å². The molecule has 5 rings (SSSR count). The van der Waals surface area contributed by atoms with Crippen molar-refractivity contribution in [2.75, 3.05) is 0 Å². The topological polar surface area (TPSA) is 70.1 Å². The lowest BCUT2D eigenvalue weighted by atomic mass is 10.1. The SMILES string of the molecule is Cc1ccc(-n2ncc3c2ncn2nc(COc4ccc(Cl)cc4)nc32)cc1C. The van der Waals surface area contributed by atoms with E-state index in [1.807, 2.05) is 22.9 Å². The Bertz CT molecular complexity index is 1340. The quantitative estimate of drug-likeness (QED) is 0.446. The molecule has 0 aliphatic heterocycles. The summed E-state index contributed by atoms with van der Waals surface area (Å²) in [6.07, 6.45) is 3.42. The van der Waals surface area contributed by atoms with Crippen LogP contribution in [0.5, 0.6) is 5.75 Å². The number of halogens is 1. The van der Waals surface area contributed by atoms with Crippen molar-refractivity contribution in [1.29, 1.82) is 0 Å². The van der Waals surface area contributed by atoms with Crippen LogP contribution in [0.25, 0.3) is 22.4 Å². The first kappa shape index (κ1) is 17.6. The van der Waals surface area contributed by atoms with E-state index < -0.39 is 0 Å². The summed E-state index contributed by atoms with van der Waals surface area (Å²) in [6.45, 7) is 4.42. The first-order chi connectivity index (χ1) is 14.1. The summed E-state index contributed by atoms with van der Waals surface area (Å²) in [7, 11) is 0. The molecule has 0 atom stereocenters. The maximum Gasteiger partial charge on any atom is 0.189 e. The molecule has 0 radical (unpaired) electrons. The minimum atomic E-state index is 0.246. The average Bonchev–Trinajstić information content (AvgIpc) is 3.33. The van der Waals surface area contributed by atoms with Crippen LogP contribution in [-0.2, 0) is 6.61 Å². The Labute approximate surface area is 171 Å². The van der Waals surface area contributed by atoms with Gasteiger partial charge in [0.1, 0.15) is 18.7 Å². The number of hydrogen-bond donors (Lipinski definition) is 0. The Morgan fingerprint density at radius 1 is 1.00 bits per heavy atom. The lowest BCUT2D eigenvalue weighted by Crippen LogP contribution is -2.00. The molecule has 144 valence electrons. The highest BCUT2D eigenvalue weighted by Crippen LogP contribution is 2.22. The fraction of sp³-hybridized carbons (Fsp3) is 0.143. The summed E-state index contributed by atoms with van der Waals surface area (Å²) in [6, 6.07) is 13.4. The summed E-state index contributed by atoms with van der Waals surface area (Å²) in [5, 5.41) is 10.5. The molecule has 0 spiro atoms. The van der Waals surface area contributed by atoms with Gasteiger partial charge in [0.05, 0.1) is 17.3 Å². The Balaban J connectivity index is 1.49. The largest absolute Gasteiger partial charge is 0.486 e. The van der Waals surface area contributed by atoms with Crippen molar-refractivity contribution in [3.63, 3.8) is 0 Å². The van der Waals surface area contributed by atoms with E-state index in [-0.39, 0.29) is 6.61 Å². The zero-order valence-electron chi connectivity index (χ0n) is 15.9. The monoisotopic (exact) mass is 404 g/mol. The molecule has 0 aliphatic rings. The van der Waals surface area contributed by atoms with Crippen molar-refractivity contribution < 1.29 is 4.74 Å². The van der Waals surface area contributed by atoms with Crippen molar-refractivity contribution in [3.05, 3.63) is 77.0 Å². The van der Waals surface area contributed by atoms with Gasteiger partial charge in [0.15, 0.2) is 17.1 Å². The number of nitrogens with zero attached hydrogens (tertiary/aromatic N) is 6. The van der Waals surface area contributed by atoms with Gasteiger partial charge in [-0.3, -0.25) is 0 Å².